The summed E-state index contributed by atoms with van der Waals surface area (Å²) in [6.45, 7) is 5.46. The molecule has 0 radical (unpaired) electrons. The summed E-state index contributed by atoms with van der Waals surface area (Å²) in [5.41, 5.74) is 4.02. The van der Waals surface area contributed by atoms with Gasteiger partial charge in [-0.2, -0.15) is 0 Å². The molecule has 2 rings (SSSR count). The second-order valence-corrected chi connectivity index (χ2v) is 5.91. The molecule has 0 amide bonds. The molecule has 2 heterocycles. The number of hydrogen-bond acceptors (Lipinski definition) is 7. The number of carbonyl (C=O) groups is 2. The van der Waals surface area contributed by atoms with Gasteiger partial charge in [0, 0.05) is 11.8 Å². The maximum Gasteiger partial charge on any atom is 0.324 e. The highest BCUT2D eigenvalue weighted by atomic mass is 32.1. The number of aromatic nitrogens is 1. The van der Waals surface area contributed by atoms with Gasteiger partial charge in [0.1, 0.15) is 0 Å². The van der Waals surface area contributed by atoms with Crippen molar-refractivity contribution in [2.24, 2.45) is 5.41 Å². The fraction of sp³-hybridized carbons (Fsp3) is 0.615. The van der Waals surface area contributed by atoms with Crippen LogP contribution >= 0.6 is 11.3 Å². The largest absolute Gasteiger partial charge is 0.465 e. The Morgan fingerprint density at radius 3 is 2.80 bits per heavy atom. The minimum absolute atomic E-state index is 0.220. The van der Waals surface area contributed by atoms with E-state index in [4.69, 9.17) is 15.2 Å². The van der Waals surface area contributed by atoms with Gasteiger partial charge in [0.05, 0.1) is 12.3 Å². The van der Waals surface area contributed by atoms with Crippen LogP contribution in [-0.2, 0) is 24.7 Å². The molecule has 2 N–H and O–H groups in total. The van der Waals surface area contributed by atoms with Crippen LogP contribution in [0.15, 0.2) is 5.38 Å². The minimum Gasteiger partial charge on any atom is -0.465 e. The number of rotatable bonds is 4. The van der Waals surface area contributed by atoms with E-state index in [-0.39, 0.29) is 13.0 Å². The Kier molecular flexibility index (Phi) is 3.73. The number of ether oxygens (including phenoxy) is 2. The number of nitrogens with two attached hydrogens (primary N) is 1. The van der Waals surface area contributed by atoms with Crippen LogP contribution in [-0.4, -0.2) is 23.5 Å². The minimum atomic E-state index is -1.25. The molecule has 0 bridgehead atoms. The van der Waals surface area contributed by atoms with Crippen molar-refractivity contribution in [2.45, 2.75) is 39.2 Å². The molecule has 20 heavy (non-hydrogen) atoms. The van der Waals surface area contributed by atoms with E-state index in [1.54, 1.807) is 26.2 Å². The average Bonchev–Trinajstić information content (AvgIpc) is 2.93. The molecule has 0 aromatic carbocycles. The number of carbonyl (C=O) groups excluding carboxylic acids is 2. The summed E-state index contributed by atoms with van der Waals surface area (Å²) in [6.07, 6.45) is 0.553. The second kappa shape index (κ2) is 5.05. The van der Waals surface area contributed by atoms with Crippen LogP contribution in [0.3, 0.4) is 0 Å². The summed E-state index contributed by atoms with van der Waals surface area (Å²) in [5.74, 6) is -1.08. The Bertz CT molecular complexity index is 544. The van der Waals surface area contributed by atoms with Crippen molar-refractivity contribution in [1.82, 2.24) is 4.98 Å². The maximum atomic E-state index is 12.3. The van der Waals surface area contributed by atoms with Crippen molar-refractivity contribution < 1.29 is 19.1 Å². The number of esters is 2. The molecule has 7 heteroatoms. The first-order chi connectivity index (χ1) is 9.38. The summed E-state index contributed by atoms with van der Waals surface area (Å²) in [7, 11) is 0. The number of nitrogens with zero attached hydrogens (tertiary/aromatic N) is 1. The molecule has 0 spiro atoms. The third kappa shape index (κ3) is 2.15. The van der Waals surface area contributed by atoms with Gasteiger partial charge in [-0.05, 0) is 20.3 Å². The van der Waals surface area contributed by atoms with Crippen LogP contribution in [0.4, 0.5) is 5.13 Å². The zero-order valence-corrected chi connectivity index (χ0v) is 12.6. The van der Waals surface area contributed by atoms with E-state index < -0.39 is 23.0 Å². The Balaban J connectivity index is 2.35. The zero-order valence-electron chi connectivity index (χ0n) is 11.8. The highest BCUT2D eigenvalue weighted by Gasteiger charge is 2.60. The molecule has 110 valence electrons. The van der Waals surface area contributed by atoms with Gasteiger partial charge in [-0.1, -0.05) is 6.92 Å². The Morgan fingerprint density at radius 2 is 2.30 bits per heavy atom. The van der Waals surface area contributed by atoms with Crippen molar-refractivity contribution in [3.8, 4) is 0 Å². The molecule has 1 aliphatic heterocycles. The number of cyclic esters (lactones) is 1. The van der Waals surface area contributed by atoms with E-state index in [1.165, 1.54) is 11.3 Å². The Morgan fingerprint density at radius 1 is 1.60 bits per heavy atom. The molecule has 1 aliphatic rings. The summed E-state index contributed by atoms with van der Waals surface area (Å²) in [5, 5.41) is 2.15. The van der Waals surface area contributed by atoms with Crippen LogP contribution in [0.2, 0.25) is 0 Å². The lowest BCUT2D eigenvalue weighted by atomic mass is 9.78. The topological polar surface area (TPSA) is 91.5 Å². The lowest BCUT2D eigenvalue weighted by Crippen LogP contribution is -2.37. The molecular formula is C13H18N2O4S. The first-order valence-electron chi connectivity index (χ1n) is 6.50. The molecule has 0 unspecified atom stereocenters. The quantitative estimate of drug-likeness (QED) is 0.673. The number of hydrogen-bond donors (Lipinski definition) is 1. The number of anilines is 1. The van der Waals surface area contributed by atoms with E-state index in [1.807, 2.05) is 0 Å². The zero-order chi connectivity index (χ0) is 15.0. The predicted molar refractivity (Wildman–Crippen MR) is 73.9 cm³/mol. The van der Waals surface area contributed by atoms with Crippen LogP contribution in [0.25, 0.3) is 0 Å². The van der Waals surface area contributed by atoms with Gasteiger partial charge >= 0.3 is 11.9 Å². The van der Waals surface area contributed by atoms with E-state index in [0.29, 0.717) is 17.2 Å². The average molecular weight is 298 g/mol. The molecule has 0 saturated carbocycles. The summed E-state index contributed by atoms with van der Waals surface area (Å²) < 4.78 is 10.5. The van der Waals surface area contributed by atoms with Gasteiger partial charge in [0.15, 0.2) is 16.1 Å². The standard InChI is InChI=1S/C13H18N2O4S/c1-4-13(9(16)18-5-2)7-12(3,19-10(13)17)8-6-20-11(14)15-8/h6H,4-5,7H2,1-3H3,(H2,14,15)/t12-,13-/m1/s1. The normalized spacial score (nSPS) is 29.2. The van der Waals surface area contributed by atoms with E-state index >= 15 is 0 Å². The third-order valence-corrected chi connectivity index (χ3v) is 4.36. The summed E-state index contributed by atoms with van der Waals surface area (Å²) in [6, 6.07) is 0. The fourth-order valence-electron chi connectivity index (χ4n) is 2.50. The van der Waals surface area contributed by atoms with Gasteiger partial charge in [-0.15, -0.1) is 11.3 Å². The first kappa shape index (κ1) is 14.8. The van der Waals surface area contributed by atoms with Crippen LogP contribution < -0.4 is 5.73 Å². The predicted octanol–water partition coefficient (Wildman–Crippen LogP) is 1.85. The molecule has 1 saturated heterocycles. The number of nitrogen functional groups attached to an aromatic ring is 1. The SMILES string of the molecule is CCOC(=O)[C@@]1(CC)C[C@](C)(c2csc(N)n2)OC1=O. The van der Waals surface area contributed by atoms with Crippen LogP contribution in [0.1, 0.15) is 39.3 Å². The van der Waals surface area contributed by atoms with Crippen LogP contribution in [0.5, 0.6) is 0 Å². The van der Waals surface area contributed by atoms with Crippen molar-refractivity contribution in [1.29, 1.82) is 0 Å². The van der Waals surface area contributed by atoms with Crippen molar-refractivity contribution >= 4 is 28.4 Å². The van der Waals surface area contributed by atoms with E-state index in [0.717, 1.165) is 0 Å². The van der Waals surface area contributed by atoms with Gasteiger partial charge in [-0.3, -0.25) is 9.59 Å². The monoisotopic (exact) mass is 298 g/mol. The lowest BCUT2D eigenvalue weighted by Gasteiger charge is -2.23. The number of thiazole rings is 1. The Hall–Kier alpha value is -1.63. The smallest absolute Gasteiger partial charge is 0.324 e. The molecule has 2 atom stereocenters. The fourth-order valence-corrected chi connectivity index (χ4v) is 3.18. The van der Waals surface area contributed by atoms with Crippen LogP contribution in [0, 0.1) is 5.41 Å². The van der Waals surface area contributed by atoms with E-state index in [9.17, 15) is 9.59 Å². The van der Waals surface area contributed by atoms with E-state index in [2.05, 4.69) is 4.98 Å². The summed E-state index contributed by atoms with van der Waals surface area (Å²) in [4.78, 5) is 28.6. The highest BCUT2D eigenvalue weighted by Crippen LogP contribution is 2.49. The van der Waals surface area contributed by atoms with Crippen molar-refractivity contribution in [3.63, 3.8) is 0 Å². The molecular weight excluding hydrogens is 280 g/mol. The second-order valence-electron chi connectivity index (χ2n) is 5.02. The molecule has 1 fully saturated rings. The molecule has 1 aromatic rings. The first-order valence-corrected chi connectivity index (χ1v) is 7.38. The van der Waals surface area contributed by atoms with Crippen molar-refractivity contribution in [2.75, 3.05) is 12.3 Å². The highest BCUT2D eigenvalue weighted by molar-refractivity contribution is 7.13. The maximum absolute atomic E-state index is 12.3. The molecule has 1 aromatic heterocycles. The Labute approximate surface area is 121 Å². The lowest BCUT2D eigenvalue weighted by molar-refractivity contribution is -0.166. The van der Waals surface area contributed by atoms with Gasteiger partial charge in [-0.25, -0.2) is 4.98 Å². The third-order valence-electron chi connectivity index (χ3n) is 3.68. The molecule has 0 aliphatic carbocycles. The summed E-state index contributed by atoms with van der Waals surface area (Å²) >= 11 is 1.28. The van der Waals surface area contributed by atoms with Gasteiger partial charge in [0.2, 0.25) is 0 Å². The molecule has 6 nitrogen and oxygen atoms in total. The van der Waals surface area contributed by atoms with Gasteiger partial charge < -0.3 is 15.2 Å². The van der Waals surface area contributed by atoms with Crippen molar-refractivity contribution in [3.05, 3.63) is 11.1 Å². The van der Waals surface area contributed by atoms with Gasteiger partial charge in [0.25, 0.3) is 0 Å².